The van der Waals surface area contributed by atoms with Gasteiger partial charge in [0, 0.05) is 18.4 Å². The summed E-state index contributed by atoms with van der Waals surface area (Å²) in [6.45, 7) is 8.16. The van der Waals surface area contributed by atoms with E-state index in [9.17, 15) is 4.79 Å². The van der Waals surface area contributed by atoms with Crippen molar-refractivity contribution in [2.75, 3.05) is 0 Å². The van der Waals surface area contributed by atoms with Crippen molar-refractivity contribution >= 4 is 5.91 Å². The second kappa shape index (κ2) is 8.38. The third-order valence-corrected chi connectivity index (χ3v) is 4.36. The lowest BCUT2D eigenvalue weighted by Crippen LogP contribution is -2.32. The molecule has 0 saturated carbocycles. The van der Waals surface area contributed by atoms with Crippen LogP contribution in [-0.2, 0) is 11.2 Å². The topological polar surface area (TPSA) is 68.0 Å². The first kappa shape index (κ1) is 19.8. The quantitative estimate of drug-likeness (QED) is 0.665. The van der Waals surface area contributed by atoms with E-state index < -0.39 is 0 Å². The number of nitrogens with one attached hydrogen (secondary N) is 1. The van der Waals surface area contributed by atoms with Crippen LogP contribution in [-0.4, -0.2) is 16.0 Å². The van der Waals surface area contributed by atoms with Gasteiger partial charge in [-0.3, -0.25) is 4.79 Å². The summed E-state index contributed by atoms with van der Waals surface area (Å²) < 4.78 is 5.54. The van der Waals surface area contributed by atoms with Gasteiger partial charge in [-0.25, -0.2) is 0 Å². The summed E-state index contributed by atoms with van der Waals surface area (Å²) in [5, 5.41) is 7.20. The molecule has 1 atom stereocenters. The standard InChI is InChI=1S/C23H27N3O2/c1-16-10-12-18(13-11-16)21-25-22(28-26-21)19(14-17-8-6-5-7-9-17)24-20(27)15-23(2,3)4/h5-13,19H,14-15H2,1-4H3,(H,24,27)/t19-/m1/s1. The van der Waals surface area contributed by atoms with Crippen molar-refractivity contribution < 1.29 is 9.32 Å². The largest absolute Gasteiger partial charge is 0.344 e. The molecule has 1 heterocycles. The van der Waals surface area contributed by atoms with Gasteiger partial charge in [0.1, 0.15) is 6.04 Å². The fourth-order valence-electron chi connectivity index (χ4n) is 2.97. The van der Waals surface area contributed by atoms with E-state index in [0.29, 0.717) is 24.6 Å². The molecule has 0 radical (unpaired) electrons. The van der Waals surface area contributed by atoms with Gasteiger partial charge in [-0.15, -0.1) is 0 Å². The minimum absolute atomic E-state index is 0.0245. The molecule has 2 aromatic carbocycles. The Morgan fingerprint density at radius 3 is 2.39 bits per heavy atom. The summed E-state index contributed by atoms with van der Waals surface area (Å²) in [5.41, 5.74) is 3.06. The number of rotatable bonds is 6. The molecule has 3 aromatic rings. The van der Waals surface area contributed by atoms with Gasteiger partial charge in [-0.1, -0.05) is 86.1 Å². The van der Waals surface area contributed by atoms with Gasteiger partial charge in [0.2, 0.25) is 17.6 Å². The summed E-state index contributed by atoms with van der Waals surface area (Å²) in [6, 6.07) is 17.6. The Morgan fingerprint density at radius 1 is 1.07 bits per heavy atom. The molecule has 1 aromatic heterocycles. The van der Waals surface area contributed by atoms with Gasteiger partial charge < -0.3 is 9.84 Å². The van der Waals surface area contributed by atoms with Gasteiger partial charge in [-0.2, -0.15) is 4.98 Å². The number of carbonyl (C=O) groups excluding carboxylic acids is 1. The van der Waals surface area contributed by atoms with E-state index in [1.54, 1.807) is 0 Å². The molecule has 0 aliphatic carbocycles. The lowest BCUT2D eigenvalue weighted by atomic mass is 9.91. The summed E-state index contributed by atoms with van der Waals surface area (Å²) in [5.74, 6) is 0.920. The van der Waals surface area contributed by atoms with E-state index in [4.69, 9.17) is 4.52 Å². The van der Waals surface area contributed by atoms with Crippen LogP contribution in [0.5, 0.6) is 0 Å². The Labute approximate surface area is 166 Å². The fourth-order valence-corrected chi connectivity index (χ4v) is 2.97. The van der Waals surface area contributed by atoms with Crippen LogP contribution >= 0.6 is 0 Å². The van der Waals surface area contributed by atoms with Crippen LogP contribution < -0.4 is 5.32 Å². The molecule has 1 N–H and O–H groups in total. The first-order chi connectivity index (χ1) is 13.3. The molecule has 0 spiro atoms. The molecule has 5 nitrogen and oxygen atoms in total. The highest BCUT2D eigenvalue weighted by Crippen LogP contribution is 2.24. The molecule has 0 unspecified atom stereocenters. The normalized spacial score (nSPS) is 12.6. The van der Waals surface area contributed by atoms with E-state index in [1.807, 2.05) is 82.3 Å². The zero-order valence-corrected chi connectivity index (χ0v) is 16.9. The second-order valence-corrected chi connectivity index (χ2v) is 8.37. The molecular formula is C23H27N3O2. The number of carbonyl (C=O) groups is 1. The SMILES string of the molecule is Cc1ccc(-c2noc([C@@H](Cc3ccccc3)NC(=O)CC(C)(C)C)n2)cc1. The third kappa shape index (κ3) is 5.52. The zero-order valence-electron chi connectivity index (χ0n) is 16.9. The van der Waals surface area contributed by atoms with E-state index in [0.717, 1.165) is 11.1 Å². The number of aryl methyl sites for hydroxylation is 1. The predicted molar refractivity (Wildman–Crippen MR) is 110 cm³/mol. The summed E-state index contributed by atoms with van der Waals surface area (Å²) >= 11 is 0. The molecule has 0 aliphatic rings. The van der Waals surface area contributed by atoms with Gasteiger partial charge in [0.25, 0.3) is 0 Å². The van der Waals surface area contributed by atoms with E-state index in [-0.39, 0.29) is 17.4 Å². The number of nitrogens with zero attached hydrogens (tertiary/aromatic N) is 2. The molecule has 5 heteroatoms. The van der Waals surface area contributed by atoms with E-state index in [1.165, 1.54) is 5.56 Å². The van der Waals surface area contributed by atoms with Crippen molar-refractivity contribution in [2.24, 2.45) is 5.41 Å². The Morgan fingerprint density at radius 2 is 1.75 bits per heavy atom. The van der Waals surface area contributed by atoms with Crippen molar-refractivity contribution in [3.05, 3.63) is 71.6 Å². The number of benzene rings is 2. The van der Waals surface area contributed by atoms with Crippen molar-refractivity contribution in [2.45, 2.75) is 46.6 Å². The first-order valence-corrected chi connectivity index (χ1v) is 9.54. The van der Waals surface area contributed by atoms with Crippen LogP contribution in [0.15, 0.2) is 59.1 Å². The molecule has 0 aliphatic heterocycles. The molecular weight excluding hydrogens is 350 g/mol. The van der Waals surface area contributed by atoms with Crippen LogP contribution in [0.2, 0.25) is 0 Å². The van der Waals surface area contributed by atoms with E-state index >= 15 is 0 Å². The summed E-state index contributed by atoms with van der Waals surface area (Å²) in [6.07, 6.45) is 1.02. The van der Waals surface area contributed by atoms with Crippen LogP contribution in [0.4, 0.5) is 0 Å². The molecule has 3 rings (SSSR count). The van der Waals surface area contributed by atoms with Crippen molar-refractivity contribution in [3.63, 3.8) is 0 Å². The van der Waals surface area contributed by atoms with Crippen molar-refractivity contribution in [1.82, 2.24) is 15.5 Å². The Hall–Kier alpha value is -2.95. The first-order valence-electron chi connectivity index (χ1n) is 9.54. The lowest BCUT2D eigenvalue weighted by Gasteiger charge is -2.20. The predicted octanol–water partition coefficient (Wildman–Crippen LogP) is 4.88. The van der Waals surface area contributed by atoms with Crippen LogP contribution in [0.3, 0.4) is 0 Å². The van der Waals surface area contributed by atoms with Gasteiger partial charge in [0.05, 0.1) is 0 Å². The third-order valence-electron chi connectivity index (χ3n) is 4.36. The number of amides is 1. The lowest BCUT2D eigenvalue weighted by molar-refractivity contribution is -0.123. The summed E-state index contributed by atoms with van der Waals surface area (Å²) in [4.78, 5) is 17.1. The van der Waals surface area contributed by atoms with Crippen molar-refractivity contribution in [1.29, 1.82) is 0 Å². The summed E-state index contributed by atoms with van der Waals surface area (Å²) in [7, 11) is 0. The van der Waals surface area contributed by atoms with Crippen LogP contribution in [0, 0.1) is 12.3 Å². The molecule has 0 saturated heterocycles. The number of hydrogen-bond donors (Lipinski definition) is 1. The molecule has 0 bridgehead atoms. The Balaban J connectivity index is 1.83. The Kier molecular flexibility index (Phi) is 5.93. The average Bonchev–Trinajstić information content (AvgIpc) is 3.11. The van der Waals surface area contributed by atoms with Gasteiger partial charge >= 0.3 is 0 Å². The van der Waals surface area contributed by atoms with E-state index in [2.05, 4.69) is 15.5 Å². The Bertz CT molecular complexity index is 909. The molecule has 1 amide bonds. The second-order valence-electron chi connectivity index (χ2n) is 8.37. The number of aromatic nitrogens is 2. The van der Waals surface area contributed by atoms with Gasteiger partial charge in [-0.05, 0) is 17.9 Å². The number of hydrogen-bond acceptors (Lipinski definition) is 4. The van der Waals surface area contributed by atoms with Crippen LogP contribution in [0.25, 0.3) is 11.4 Å². The fraction of sp³-hybridized carbons (Fsp3) is 0.348. The maximum atomic E-state index is 12.5. The minimum atomic E-state index is -0.371. The zero-order chi connectivity index (χ0) is 20.1. The highest BCUT2D eigenvalue weighted by Gasteiger charge is 2.24. The van der Waals surface area contributed by atoms with Crippen molar-refractivity contribution in [3.8, 4) is 11.4 Å². The maximum Gasteiger partial charge on any atom is 0.249 e. The van der Waals surface area contributed by atoms with Crippen LogP contribution in [0.1, 0.15) is 50.3 Å². The average molecular weight is 377 g/mol. The molecule has 28 heavy (non-hydrogen) atoms. The molecule has 146 valence electrons. The minimum Gasteiger partial charge on any atom is -0.344 e. The highest BCUT2D eigenvalue weighted by atomic mass is 16.5. The smallest absolute Gasteiger partial charge is 0.249 e. The molecule has 0 fully saturated rings. The maximum absolute atomic E-state index is 12.5. The monoisotopic (exact) mass is 377 g/mol. The highest BCUT2D eigenvalue weighted by molar-refractivity contribution is 5.77. The van der Waals surface area contributed by atoms with Gasteiger partial charge in [0.15, 0.2) is 0 Å².